The lowest BCUT2D eigenvalue weighted by Crippen LogP contribution is -2.33. The van der Waals surface area contributed by atoms with Gasteiger partial charge in [-0.1, -0.05) is 0 Å². The minimum absolute atomic E-state index is 0.0607. The van der Waals surface area contributed by atoms with Crippen LogP contribution in [0.2, 0.25) is 0 Å². The van der Waals surface area contributed by atoms with Crippen LogP contribution in [0, 0.1) is 5.82 Å². The number of aromatic amines is 1. The highest BCUT2D eigenvalue weighted by molar-refractivity contribution is 7.89. The second-order valence-electron chi connectivity index (χ2n) is 6.52. The number of nitrogens with zero attached hydrogens (tertiary/aromatic N) is 3. The van der Waals surface area contributed by atoms with Crippen LogP contribution in [0.1, 0.15) is 30.0 Å². The van der Waals surface area contributed by atoms with Gasteiger partial charge in [0.15, 0.2) is 5.76 Å². The van der Waals surface area contributed by atoms with E-state index in [2.05, 4.69) is 20.5 Å². The van der Waals surface area contributed by atoms with Gasteiger partial charge in [0, 0.05) is 13.1 Å². The minimum Gasteiger partial charge on any atom is -0.461 e. The van der Waals surface area contributed by atoms with Gasteiger partial charge in [0.05, 0.1) is 23.3 Å². The highest BCUT2D eigenvalue weighted by Gasteiger charge is 2.25. The highest BCUT2D eigenvalue weighted by Crippen LogP contribution is 2.20. The van der Waals surface area contributed by atoms with E-state index in [9.17, 15) is 17.6 Å². The van der Waals surface area contributed by atoms with Crippen LogP contribution in [0.3, 0.4) is 0 Å². The van der Waals surface area contributed by atoms with Gasteiger partial charge in [0.2, 0.25) is 15.8 Å². The average Bonchev–Trinajstić information content (AvgIpc) is 3.37. The molecule has 1 amide bonds. The number of benzene rings is 1. The number of carbonyl (C=O) groups excluding carboxylic acids is 1. The molecule has 0 saturated carbocycles. The molecular weight excluding hydrogens is 401 g/mol. The molecule has 0 spiro atoms. The number of hydrogen-bond acceptors (Lipinski definition) is 6. The Morgan fingerprint density at radius 3 is 2.76 bits per heavy atom. The van der Waals surface area contributed by atoms with Crippen molar-refractivity contribution < 1.29 is 22.0 Å². The Morgan fingerprint density at radius 1 is 1.34 bits per heavy atom. The van der Waals surface area contributed by atoms with E-state index in [1.165, 1.54) is 13.3 Å². The van der Waals surface area contributed by atoms with Crippen LogP contribution in [-0.2, 0) is 16.6 Å². The Morgan fingerprint density at radius 2 is 2.10 bits per heavy atom. The summed E-state index contributed by atoms with van der Waals surface area (Å²) in [6.07, 6.45) is 1.48. The number of nitrogens with one attached hydrogen (secondary N) is 2. The topological polar surface area (TPSA) is 121 Å². The summed E-state index contributed by atoms with van der Waals surface area (Å²) in [5, 5.41) is 9.11. The van der Waals surface area contributed by atoms with Crippen LogP contribution in [0.15, 0.2) is 45.9 Å². The first-order valence-corrected chi connectivity index (χ1v) is 10.1. The molecule has 2 heterocycles. The van der Waals surface area contributed by atoms with Gasteiger partial charge in [-0.05, 0) is 44.2 Å². The number of furan rings is 1. The van der Waals surface area contributed by atoms with Crippen molar-refractivity contribution in [1.29, 1.82) is 0 Å². The molecule has 1 aromatic carbocycles. The van der Waals surface area contributed by atoms with Crippen LogP contribution in [0.4, 0.5) is 4.39 Å². The van der Waals surface area contributed by atoms with Crippen LogP contribution in [0.5, 0.6) is 0 Å². The molecule has 2 aromatic heterocycles. The van der Waals surface area contributed by atoms with Gasteiger partial charge in [0.1, 0.15) is 11.6 Å². The molecule has 0 aliphatic carbocycles. The van der Waals surface area contributed by atoms with Gasteiger partial charge in [-0.3, -0.25) is 9.89 Å². The zero-order chi connectivity index (χ0) is 21.2. The summed E-state index contributed by atoms with van der Waals surface area (Å²) in [5.41, 5.74) is -0.381. The Bertz CT molecular complexity index is 1110. The minimum atomic E-state index is -3.85. The predicted molar refractivity (Wildman–Crippen MR) is 102 cm³/mol. The fourth-order valence-electron chi connectivity index (χ4n) is 2.43. The molecule has 29 heavy (non-hydrogen) atoms. The predicted octanol–water partition coefficient (Wildman–Crippen LogP) is 2.16. The number of sulfonamides is 1. The van der Waals surface area contributed by atoms with Gasteiger partial charge < -0.3 is 9.73 Å². The summed E-state index contributed by atoms with van der Waals surface area (Å²) < 4.78 is 45.7. The highest BCUT2D eigenvalue weighted by atomic mass is 32.2. The monoisotopic (exact) mass is 421 g/mol. The largest absolute Gasteiger partial charge is 0.461 e. The van der Waals surface area contributed by atoms with Gasteiger partial charge >= 0.3 is 0 Å². The molecule has 0 saturated heterocycles. The van der Waals surface area contributed by atoms with E-state index >= 15 is 0 Å². The van der Waals surface area contributed by atoms with Crippen molar-refractivity contribution in [2.75, 3.05) is 7.05 Å². The molecule has 11 heteroatoms. The third kappa shape index (κ3) is 4.35. The molecule has 0 atom stereocenters. The van der Waals surface area contributed by atoms with E-state index in [1.807, 2.05) is 0 Å². The zero-order valence-corrected chi connectivity index (χ0v) is 16.8. The number of H-pyrrole nitrogens is 1. The van der Waals surface area contributed by atoms with Crippen molar-refractivity contribution >= 4 is 15.9 Å². The van der Waals surface area contributed by atoms with E-state index in [-0.39, 0.29) is 23.0 Å². The Balaban J connectivity index is 1.76. The van der Waals surface area contributed by atoms with E-state index < -0.39 is 21.7 Å². The van der Waals surface area contributed by atoms with Gasteiger partial charge in [-0.25, -0.2) is 17.8 Å². The first-order chi connectivity index (χ1) is 13.7. The number of hydrogen-bond donors (Lipinski definition) is 2. The smallest absolute Gasteiger partial charge is 0.254 e. The Labute approximate surface area is 167 Å². The van der Waals surface area contributed by atoms with Crippen LogP contribution >= 0.6 is 0 Å². The summed E-state index contributed by atoms with van der Waals surface area (Å²) in [6.45, 7) is 3.36. The number of amides is 1. The summed E-state index contributed by atoms with van der Waals surface area (Å²) in [5.74, 6) is -0.508. The van der Waals surface area contributed by atoms with Crippen molar-refractivity contribution in [3.8, 4) is 11.6 Å². The van der Waals surface area contributed by atoms with Gasteiger partial charge in [0.25, 0.3) is 5.91 Å². The molecule has 0 unspecified atom stereocenters. The molecular formula is C18H20FN5O4S. The molecule has 9 nitrogen and oxygen atoms in total. The fourth-order valence-corrected chi connectivity index (χ4v) is 3.83. The molecule has 154 valence electrons. The van der Waals surface area contributed by atoms with E-state index in [4.69, 9.17) is 4.42 Å². The Kier molecular flexibility index (Phi) is 5.80. The maximum atomic E-state index is 14.2. The standard InChI is InChI=1S/C18H20FN5O4S/c1-11(2)24(3)29(26,27)12-6-7-14(19)13(9-12)18(25)20-10-16-21-17(23-22-16)15-5-4-8-28-15/h4-9,11H,10H2,1-3H3,(H,20,25)(H,21,22,23). The lowest BCUT2D eigenvalue weighted by Gasteiger charge is -2.21. The van der Waals surface area contributed by atoms with Crippen molar-refractivity contribution in [2.45, 2.75) is 31.3 Å². The van der Waals surface area contributed by atoms with Gasteiger partial charge in [-0.15, -0.1) is 5.10 Å². The molecule has 0 fully saturated rings. The zero-order valence-electron chi connectivity index (χ0n) is 16.0. The van der Waals surface area contributed by atoms with Crippen LogP contribution < -0.4 is 5.32 Å². The number of rotatable bonds is 7. The molecule has 3 aromatic rings. The summed E-state index contributed by atoms with van der Waals surface area (Å²) in [4.78, 5) is 16.4. The number of halogens is 1. The first kappa shape index (κ1) is 20.7. The number of aromatic nitrogens is 3. The summed E-state index contributed by atoms with van der Waals surface area (Å²) >= 11 is 0. The maximum absolute atomic E-state index is 14.2. The average molecular weight is 421 g/mol. The molecule has 0 bridgehead atoms. The van der Waals surface area contributed by atoms with Crippen molar-refractivity contribution in [1.82, 2.24) is 24.8 Å². The van der Waals surface area contributed by atoms with Crippen molar-refractivity contribution in [3.05, 3.63) is 53.8 Å². The fraction of sp³-hybridized carbons (Fsp3) is 0.278. The third-order valence-electron chi connectivity index (χ3n) is 4.28. The molecule has 0 aliphatic heterocycles. The molecule has 2 N–H and O–H groups in total. The Hall–Kier alpha value is -3.05. The molecule has 3 rings (SSSR count). The molecule has 0 aliphatic rings. The summed E-state index contributed by atoms with van der Waals surface area (Å²) in [6, 6.07) is 6.19. The van der Waals surface area contributed by atoms with E-state index in [0.29, 0.717) is 17.4 Å². The van der Waals surface area contributed by atoms with Crippen molar-refractivity contribution in [3.63, 3.8) is 0 Å². The normalized spacial score (nSPS) is 11.9. The second kappa shape index (κ2) is 8.13. The van der Waals surface area contributed by atoms with Crippen LogP contribution in [0.25, 0.3) is 11.6 Å². The molecule has 0 radical (unpaired) electrons. The number of carbonyl (C=O) groups is 1. The van der Waals surface area contributed by atoms with E-state index in [1.54, 1.807) is 26.0 Å². The lowest BCUT2D eigenvalue weighted by molar-refractivity contribution is 0.0945. The SMILES string of the molecule is CC(C)N(C)S(=O)(=O)c1ccc(F)c(C(=O)NCc2nc(-c3ccco3)n[nH]2)c1. The second-order valence-corrected chi connectivity index (χ2v) is 8.52. The first-order valence-electron chi connectivity index (χ1n) is 8.71. The quantitative estimate of drug-likeness (QED) is 0.603. The summed E-state index contributed by atoms with van der Waals surface area (Å²) in [7, 11) is -2.43. The lowest BCUT2D eigenvalue weighted by atomic mass is 10.2. The van der Waals surface area contributed by atoms with Crippen molar-refractivity contribution in [2.24, 2.45) is 0 Å². The van der Waals surface area contributed by atoms with Crippen LogP contribution in [-0.4, -0.2) is 46.9 Å². The van der Waals surface area contributed by atoms with E-state index in [0.717, 1.165) is 22.5 Å². The maximum Gasteiger partial charge on any atom is 0.254 e. The van der Waals surface area contributed by atoms with Gasteiger partial charge in [-0.2, -0.15) is 4.31 Å². The third-order valence-corrected chi connectivity index (χ3v) is 6.31.